The third-order valence-corrected chi connectivity index (χ3v) is 3.16. The number of H-pyrrole nitrogens is 1. The Hall–Kier alpha value is -1.97. The molecule has 0 saturated heterocycles. The number of unbranched alkanes of at least 4 members (excludes halogenated alkanes) is 1. The molecule has 0 aliphatic rings. The van der Waals surface area contributed by atoms with Crippen LogP contribution in [0.3, 0.4) is 0 Å². The van der Waals surface area contributed by atoms with Crippen molar-refractivity contribution in [3.05, 3.63) is 35.5 Å². The molecule has 0 aliphatic carbocycles. The van der Waals surface area contributed by atoms with E-state index in [0.717, 1.165) is 19.3 Å². The number of aliphatic imine (C=N–C) groups is 1. The van der Waals surface area contributed by atoms with E-state index in [1.165, 1.54) is 22.2 Å². The van der Waals surface area contributed by atoms with E-state index in [4.69, 9.17) is 11.5 Å². The predicted octanol–water partition coefficient (Wildman–Crippen LogP) is 2.07. The van der Waals surface area contributed by atoms with Gasteiger partial charge in [0.1, 0.15) is 0 Å². The highest BCUT2D eigenvalue weighted by atomic mass is 15.0. The number of aromatic nitrogens is 1. The normalized spacial score (nSPS) is 10.7. The van der Waals surface area contributed by atoms with Crippen LogP contribution in [0.4, 0.5) is 0 Å². The summed E-state index contributed by atoms with van der Waals surface area (Å²) in [5, 5.41) is 1.33. The van der Waals surface area contributed by atoms with E-state index in [0.29, 0.717) is 6.54 Å². The summed E-state index contributed by atoms with van der Waals surface area (Å²) in [6.07, 6.45) is 3.17. The van der Waals surface area contributed by atoms with Crippen molar-refractivity contribution in [2.24, 2.45) is 16.5 Å². The molecule has 2 rings (SSSR count). The largest absolute Gasteiger partial charge is 0.370 e. The Kier molecular flexibility index (Phi) is 3.87. The quantitative estimate of drug-likeness (QED) is 0.427. The van der Waals surface area contributed by atoms with E-state index >= 15 is 0 Å². The Morgan fingerprint density at radius 3 is 2.78 bits per heavy atom. The number of nitrogens with zero attached hydrogens (tertiary/aromatic N) is 1. The van der Waals surface area contributed by atoms with Crippen LogP contribution in [0, 0.1) is 6.92 Å². The molecule has 0 aliphatic heterocycles. The number of hydrogen-bond acceptors (Lipinski definition) is 1. The number of guanidine groups is 1. The zero-order valence-electron chi connectivity index (χ0n) is 10.7. The summed E-state index contributed by atoms with van der Waals surface area (Å²) in [5.74, 6) is 0.179. The first kappa shape index (κ1) is 12.5. The summed E-state index contributed by atoms with van der Waals surface area (Å²) in [6, 6.07) is 8.43. The van der Waals surface area contributed by atoms with E-state index in [2.05, 4.69) is 41.2 Å². The highest BCUT2D eigenvalue weighted by molar-refractivity contribution is 5.84. The zero-order valence-corrected chi connectivity index (χ0v) is 10.7. The smallest absolute Gasteiger partial charge is 0.185 e. The van der Waals surface area contributed by atoms with Gasteiger partial charge in [-0.3, -0.25) is 4.99 Å². The van der Waals surface area contributed by atoms with E-state index in [1.54, 1.807) is 0 Å². The maximum absolute atomic E-state index is 5.29. The summed E-state index contributed by atoms with van der Waals surface area (Å²) < 4.78 is 0. The molecular formula is C14H20N4. The molecule has 18 heavy (non-hydrogen) atoms. The molecule has 96 valence electrons. The van der Waals surface area contributed by atoms with Gasteiger partial charge in [0.25, 0.3) is 0 Å². The van der Waals surface area contributed by atoms with Crippen LogP contribution in [0.5, 0.6) is 0 Å². The Morgan fingerprint density at radius 1 is 1.22 bits per heavy atom. The highest BCUT2D eigenvalue weighted by Gasteiger charge is 2.06. The minimum Gasteiger partial charge on any atom is -0.370 e. The first-order valence-electron chi connectivity index (χ1n) is 6.30. The number of para-hydroxylation sites is 1. The van der Waals surface area contributed by atoms with Crippen molar-refractivity contribution in [2.75, 3.05) is 6.54 Å². The molecule has 0 atom stereocenters. The molecule has 0 saturated carbocycles. The van der Waals surface area contributed by atoms with Crippen LogP contribution in [-0.4, -0.2) is 17.5 Å². The lowest BCUT2D eigenvalue weighted by Gasteiger charge is -2.01. The maximum atomic E-state index is 5.29. The number of aryl methyl sites for hydroxylation is 2. The zero-order chi connectivity index (χ0) is 13.0. The number of nitrogens with two attached hydrogens (primary N) is 2. The topological polar surface area (TPSA) is 80.2 Å². The Bertz CT molecular complexity index is 550. The number of fused-ring (bicyclic) bond motifs is 1. The average molecular weight is 244 g/mol. The Morgan fingerprint density at radius 2 is 2.00 bits per heavy atom. The molecule has 0 bridgehead atoms. The maximum Gasteiger partial charge on any atom is 0.185 e. The molecule has 1 aromatic carbocycles. The van der Waals surface area contributed by atoms with E-state index in [9.17, 15) is 0 Å². The second-order valence-corrected chi connectivity index (χ2v) is 4.54. The molecule has 2 aromatic rings. The highest BCUT2D eigenvalue weighted by Crippen LogP contribution is 2.23. The van der Waals surface area contributed by atoms with Crippen molar-refractivity contribution in [2.45, 2.75) is 26.2 Å². The van der Waals surface area contributed by atoms with Crippen LogP contribution in [0.1, 0.15) is 24.1 Å². The van der Waals surface area contributed by atoms with Crippen LogP contribution in [-0.2, 0) is 6.42 Å². The molecule has 0 unspecified atom stereocenters. The molecule has 0 fully saturated rings. The van der Waals surface area contributed by atoms with E-state index in [1.807, 2.05) is 0 Å². The number of rotatable bonds is 5. The molecular weight excluding hydrogens is 224 g/mol. The number of aromatic amines is 1. The first-order valence-corrected chi connectivity index (χ1v) is 6.30. The molecule has 0 amide bonds. The Balaban J connectivity index is 1.99. The van der Waals surface area contributed by atoms with Gasteiger partial charge in [0, 0.05) is 23.1 Å². The van der Waals surface area contributed by atoms with Gasteiger partial charge in [-0.05, 0) is 37.8 Å². The third-order valence-electron chi connectivity index (χ3n) is 3.16. The lowest BCUT2D eigenvalue weighted by atomic mass is 10.0. The van der Waals surface area contributed by atoms with Gasteiger partial charge in [0.05, 0.1) is 0 Å². The van der Waals surface area contributed by atoms with Crippen molar-refractivity contribution in [1.82, 2.24) is 4.98 Å². The molecule has 4 heteroatoms. The van der Waals surface area contributed by atoms with Crippen LogP contribution < -0.4 is 11.5 Å². The lowest BCUT2D eigenvalue weighted by molar-refractivity contribution is 0.744. The second kappa shape index (κ2) is 5.58. The van der Waals surface area contributed by atoms with Crippen molar-refractivity contribution < 1.29 is 0 Å². The summed E-state index contributed by atoms with van der Waals surface area (Å²) in [6.45, 7) is 2.84. The van der Waals surface area contributed by atoms with Crippen LogP contribution in [0.25, 0.3) is 10.9 Å². The first-order chi connectivity index (χ1) is 8.68. The SMILES string of the molecule is Cc1[nH]c2ccccc2c1CCCCN=C(N)N. The molecule has 1 aromatic heterocycles. The standard InChI is InChI=1S/C14H20N4/c1-10-11(6-4-5-9-17-14(15)16)12-7-2-3-8-13(12)18-10/h2-3,7-8,18H,4-6,9H2,1H3,(H4,15,16,17). The molecule has 1 heterocycles. The molecule has 0 spiro atoms. The number of benzene rings is 1. The van der Waals surface area contributed by atoms with Gasteiger partial charge >= 0.3 is 0 Å². The van der Waals surface area contributed by atoms with Gasteiger partial charge in [0.15, 0.2) is 5.96 Å². The fraction of sp³-hybridized carbons (Fsp3) is 0.357. The lowest BCUT2D eigenvalue weighted by Crippen LogP contribution is -2.22. The molecule has 0 radical (unpaired) electrons. The van der Waals surface area contributed by atoms with Gasteiger partial charge < -0.3 is 16.5 Å². The van der Waals surface area contributed by atoms with Gasteiger partial charge in [-0.1, -0.05) is 18.2 Å². The van der Waals surface area contributed by atoms with Gasteiger partial charge in [-0.15, -0.1) is 0 Å². The third kappa shape index (κ3) is 2.83. The second-order valence-electron chi connectivity index (χ2n) is 4.54. The minimum absolute atomic E-state index is 0.179. The molecule has 5 N–H and O–H groups in total. The van der Waals surface area contributed by atoms with Crippen molar-refractivity contribution in [1.29, 1.82) is 0 Å². The number of hydrogen-bond donors (Lipinski definition) is 3. The van der Waals surface area contributed by atoms with Crippen LogP contribution in [0.2, 0.25) is 0 Å². The van der Waals surface area contributed by atoms with Gasteiger partial charge in [0.2, 0.25) is 0 Å². The summed E-state index contributed by atoms with van der Waals surface area (Å²) >= 11 is 0. The fourth-order valence-corrected chi connectivity index (χ4v) is 2.28. The van der Waals surface area contributed by atoms with Gasteiger partial charge in [-0.2, -0.15) is 0 Å². The van der Waals surface area contributed by atoms with Crippen LogP contribution >= 0.6 is 0 Å². The summed E-state index contributed by atoms with van der Waals surface area (Å²) in [5.41, 5.74) is 14.5. The monoisotopic (exact) mass is 244 g/mol. The van der Waals surface area contributed by atoms with Gasteiger partial charge in [-0.25, -0.2) is 0 Å². The minimum atomic E-state index is 0.179. The average Bonchev–Trinajstić information content (AvgIpc) is 2.65. The van der Waals surface area contributed by atoms with Crippen molar-refractivity contribution in [3.8, 4) is 0 Å². The fourth-order valence-electron chi connectivity index (χ4n) is 2.28. The van der Waals surface area contributed by atoms with Crippen molar-refractivity contribution >= 4 is 16.9 Å². The summed E-state index contributed by atoms with van der Waals surface area (Å²) in [7, 11) is 0. The Labute approximate surface area is 107 Å². The molecule has 4 nitrogen and oxygen atoms in total. The predicted molar refractivity (Wildman–Crippen MR) is 76.7 cm³/mol. The number of nitrogens with one attached hydrogen (secondary N) is 1. The van der Waals surface area contributed by atoms with E-state index < -0.39 is 0 Å². The van der Waals surface area contributed by atoms with Crippen LogP contribution in [0.15, 0.2) is 29.3 Å². The van der Waals surface area contributed by atoms with E-state index in [-0.39, 0.29) is 5.96 Å². The van der Waals surface area contributed by atoms with Crippen molar-refractivity contribution in [3.63, 3.8) is 0 Å². The summed E-state index contributed by atoms with van der Waals surface area (Å²) in [4.78, 5) is 7.41.